The molecule has 0 aromatic heterocycles. The number of benzene rings is 1. The van der Waals surface area contributed by atoms with Crippen molar-refractivity contribution in [1.29, 1.82) is 0 Å². The zero-order chi connectivity index (χ0) is 8.43. The van der Waals surface area contributed by atoms with Crippen LogP contribution in [-0.4, -0.2) is 0 Å². The van der Waals surface area contributed by atoms with Crippen LogP contribution in [0.1, 0.15) is 0 Å². The molecule has 0 aliphatic rings. The third-order valence-electron chi connectivity index (χ3n) is 1.28. The van der Waals surface area contributed by atoms with Crippen LogP contribution in [0.3, 0.4) is 0 Å². The molecule has 0 aliphatic heterocycles. The van der Waals surface area contributed by atoms with E-state index in [0.29, 0.717) is 0 Å². The average Bonchev–Trinajstić information content (AvgIpc) is 1.99. The lowest BCUT2D eigenvalue weighted by Crippen LogP contribution is -1.96. The maximum Gasteiger partial charge on any atom is 0.192 e. The molecule has 1 aromatic rings. The Bertz CT molecular complexity index is 304. The second kappa shape index (κ2) is 2.46. The molecule has 0 fully saturated rings. The highest BCUT2D eigenvalue weighted by Gasteiger charge is 2.03. The Morgan fingerprint density at radius 2 is 2.00 bits per heavy atom. The van der Waals surface area contributed by atoms with Gasteiger partial charge in [0.2, 0.25) is 0 Å². The fourth-order valence-corrected chi connectivity index (χ4v) is 0.689. The van der Waals surface area contributed by atoms with Crippen LogP contribution in [0, 0.1) is 12.4 Å². The van der Waals surface area contributed by atoms with Gasteiger partial charge in [0, 0.05) is 5.69 Å². The number of halogens is 1. The second-order valence-corrected chi connectivity index (χ2v) is 2.04. The van der Waals surface area contributed by atoms with Crippen molar-refractivity contribution in [3.05, 3.63) is 29.4 Å². The van der Waals surface area contributed by atoms with E-state index in [0.717, 1.165) is 6.07 Å². The smallest absolute Gasteiger partial charge is 0.192 e. The van der Waals surface area contributed by atoms with E-state index in [1.807, 2.05) is 0 Å². The van der Waals surface area contributed by atoms with E-state index in [-0.39, 0.29) is 17.1 Å². The van der Waals surface area contributed by atoms with Gasteiger partial charge in [0.1, 0.15) is 5.82 Å². The Hall–Kier alpha value is -1.76. The summed E-state index contributed by atoms with van der Waals surface area (Å²) in [5.41, 5.74) is 10.7. The highest BCUT2D eigenvalue weighted by Crippen LogP contribution is 2.25. The summed E-state index contributed by atoms with van der Waals surface area (Å²) in [7, 11) is 0. The van der Waals surface area contributed by atoms with Crippen molar-refractivity contribution in [3.63, 3.8) is 0 Å². The quantitative estimate of drug-likeness (QED) is 0.436. The largest absolute Gasteiger partial charge is 0.398 e. The van der Waals surface area contributed by atoms with Gasteiger partial charge in [0.25, 0.3) is 0 Å². The Morgan fingerprint density at radius 1 is 1.36 bits per heavy atom. The van der Waals surface area contributed by atoms with Crippen molar-refractivity contribution in [2.75, 3.05) is 11.5 Å². The molecule has 0 spiro atoms. The summed E-state index contributed by atoms with van der Waals surface area (Å²) in [6, 6.07) is 2.39. The van der Waals surface area contributed by atoms with E-state index in [4.69, 9.17) is 18.0 Å². The first-order valence-corrected chi connectivity index (χ1v) is 2.87. The Kier molecular flexibility index (Phi) is 1.65. The van der Waals surface area contributed by atoms with Gasteiger partial charge in [-0.3, -0.25) is 0 Å². The molecule has 56 valence electrons. The summed E-state index contributed by atoms with van der Waals surface area (Å²) in [6.45, 7) is 6.57. The molecule has 11 heavy (non-hydrogen) atoms. The summed E-state index contributed by atoms with van der Waals surface area (Å²) < 4.78 is 12.7. The monoisotopic (exact) mass is 151 g/mol. The standard InChI is InChI=1S/C7H6FN3/c1-11-4-2-5(8)7(10)6(9)3-4/h2-3H,9-10H2. The van der Waals surface area contributed by atoms with Crippen molar-refractivity contribution in [2.24, 2.45) is 0 Å². The first-order valence-electron chi connectivity index (χ1n) is 2.87. The molecule has 0 radical (unpaired) electrons. The zero-order valence-corrected chi connectivity index (χ0v) is 5.63. The highest BCUT2D eigenvalue weighted by molar-refractivity contribution is 5.70. The summed E-state index contributed by atoms with van der Waals surface area (Å²) in [5, 5.41) is 0. The van der Waals surface area contributed by atoms with Crippen molar-refractivity contribution in [1.82, 2.24) is 0 Å². The lowest BCUT2D eigenvalue weighted by Gasteiger charge is -2.00. The molecule has 4 N–H and O–H groups in total. The van der Waals surface area contributed by atoms with Crippen LogP contribution in [0.4, 0.5) is 21.5 Å². The fraction of sp³-hybridized carbons (Fsp3) is 0. The molecular weight excluding hydrogens is 145 g/mol. The molecule has 0 saturated heterocycles. The van der Waals surface area contributed by atoms with E-state index >= 15 is 0 Å². The number of anilines is 2. The lowest BCUT2D eigenvalue weighted by molar-refractivity contribution is 0.634. The van der Waals surface area contributed by atoms with Crippen LogP contribution in [-0.2, 0) is 0 Å². The minimum absolute atomic E-state index is 0.0996. The molecule has 0 aliphatic carbocycles. The van der Waals surface area contributed by atoms with Gasteiger partial charge in [-0.15, -0.1) is 0 Å². The average molecular weight is 151 g/mol. The normalized spacial score (nSPS) is 9.09. The van der Waals surface area contributed by atoms with Gasteiger partial charge in [0.05, 0.1) is 12.3 Å². The first-order chi connectivity index (χ1) is 5.15. The Morgan fingerprint density at radius 3 is 2.45 bits per heavy atom. The Labute approximate surface area is 63.2 Å². The maximum atomic E-state index is 12.7. The van der Waals surface area contributed by atoms with E-state index in [2.05, 4.69) is 4.85 Å². The van der Waals surface area contributed by atoms with Gasteiger partial charge >= 0.3 is 0 Å². The topological polar surface area (TPSA) is 56.4 Å². The number of nitrogen functional groups attached to an aromatic ring is 2. The molecule has 3 nitrogen and oxygen atoms in total. The van der Waals surface area contributed by atoms with E-state index in [1.54, 1.807) is 0 Å². The van der Waals surface area contributed by atoms with Gasteiger partial charge in [-0.1, -0.05) is 0 Å². The van der Waals surface area contributed by atoms with Gasteiger partial charge in [-0.25, -0.2) is 9.24 Å². The van der Waals surface area contributed by atoms with Crippen LogP contribution < -0.4 is 11.5 Å². The summed E-state index contributed by atoms with van der Waals surface area (Å²) >= 11 is 0. The number of hydrogen-bond acceptors (Lipinski definition) is 2. The first kappa shape index (κ1) is 7.35. The van der Waals surface area contributed by atoms with Gasteiger partial charge in [-0.05, 0) is 12.1 Å². The Balaban J connectivity index is 3.35. The van der Waals surface area contributed by atoms with Crippen LogP contribution in [0.5, 0.6) is 0 Å². The molecule has 1 rings (SSSR count). The van der Waals surface area contributed by atoms with Crippen molar-refractivity contribution in [3.8, 4) is 0 Å². The maximum absolute atomic E-state index is 12.7. The van der Waals surface area contributed by atoms with Gasteiger partial charge in [0.15, 0.2) is 5.69 Å². The molecule has 0 unspecified atom stereocenters. The molecule has 0 atom stereocenters. The second-order valence-electron chi connectivity index (χ2n) is 2.04. The fourth-order valence-electron chi connectivity index (χ4n) is 0.689. The van der Waals surface area contributed by atoms with E-state index < -0.39 is 5.82 Å². The SMILES string of the molecule is [C-]#[N+]c1cc(N)c(N)c(F)c1. The lowest BCUT2D eigenvalue weighted by atomic mass is 10.2. The number of nitrogens with two attached hydrogens (primary N) is 2. The molecule has 0 bridgehead atoms. The van der Waals surface area contributed by atoms with Gasteiger partial charge < -0.3 is 11.5 Å². The van der Waals surface area contributed by atoms with Crippen LogP contribution in [0.25, 0.3) is 4.85 Å². The molecule has 1 aromatic carbocycles. The van der Waals surface area contributed by atoms with Gasteiger partial charge in [-0.2, -0.15) is 0 Å². The minimum atomic E-state index is -0.643. The predicted molar refractivity (Wildman–Crippen MR) is 41.5 cm³/mol. The molecule has 0 amide bonds. The van der Waals surface area contributed by atoms with E-state index in [1.165, 1.54) is 6.07 Å². The van der Waals surface area contributed by atoms with Crippen LogP contribution >= 0.6 is 0 Å². The highest BCUT2D eigenvalue weighted by atomic mass is 19.1. The third kappa shape index (κ3) is 1.22. The summed E-state index contributed by atoms with van der Waals surface area (Å²) in [6.07, 6.45) is 0. The molecule has 4 heteroatoms. The number of nitrogens with zero attached hydrogens (tertiary/aromatic N) is 1. The van der Waals surface area contributed by atoms with Crippen molar-refractivity contribution >= 4 is 17.1 Å². The number of rotatable bonds is 0. The number of hydrogen-bond donors (Lipinski definition) is 2. The summed E-state index contributed by atoms with van der Waals surface area (Å²) in [4.78, 5) is 3.01. The van der Waals surface area contributed by atoms with Crippen LogP contribution in [0.15, 0.2) is 12.1 Å². The van der Waals surface area contributed by atoms with Crippen LogP contribution in [0.2, 0.25) is 0 Å². The molecule has 0 saturated carbocycles. The molecular formula is C7H6FN3. The van der Waals surface area contributed by atoms with Crippen molar-refractivity contribution in [2.45, 2.75) is 0 Å². The zero-order valence-electron chi connectivity index (χ0n) is 5.63. The minimum Gasteiger partial charge on any atom is -0.398 e. The van der Waals surface area contributed by atoms with Crippen molar-refractivity contribution < 1.29 is 4.39 Å². The third-order valence-corrected chi connectivity index (χ3v) is 1.28. The van der Waals surface area contributed by atoms with E-state index in [9.17, 15) is 4.39 Å². The summed E-state index contributed by atoms with van der Waals surface area (Å²) in [5.74, 6) is -0.643. The molecule has 0 heterocycles. The predicted octanol–water partition coefficient (Wildman–Crippen LogP) is 1.54.